The third-order valence-corrected chi connectivity index (χ3v) is 5.35. The molecule has 2 bridgehead atoms. The zero-order chi connectivity index (χ0) is 15.6. The van der Waals surface area contributed by atoms with Gasteiger partial charge in [-0.25, -0.2) is 4.98 Å². The molecule has 6 nitrogen and oxygen atoms in total. The molecule has 0 amide bonds. The predicted octanol–water partition coefficient (Wildman–Crippen LogP) is 1.98. The Morgan fingerprint density at radius 3 is 3.13 bits per heavy atom. The van der Waals surface area contributed by atoms with E-state index in [4.69, 9.17) is 4.42 Å². The Balaban J connectivity index is 1.61. The maximum Gasteiger partial charge on any atom is 0.294 e. The summed E-state index contributed by atoms with van der Waals surface area (Å²) in [4.78, 5) is 22.3. The van der Waals surface area contributed by atoms with Crippen molar-refractivity contribution in [2.75, 3.05) is 13.1 Å². The molecular weight excluding hydrogens is 360 g/mol. The molecule has 0 saturated carbocycles. The number of aromatic amines is 1. The fourth-order valence-corrected chi connectivity index (χ4v) is 4.14. The lowest BCUT2D eigenvalue weighted by atomic mass is 10.2. The number of likely N-dealkylation sites (tertiary alicyclic amines) is 1. The molecule has 4 heterocycles. The quantitative estimate of drug-likeness (QED) is 0.717. The molecule has 2 N–H and O–H groups in total. The van der Waals surface area contributed by atoms with Gasteiger partial charge in [0.1, 0.15) is 16.9 Å². The fraction of sp³-hybridized carbons (Fsp3) is 0.375. The van der Waals surface area contributed by atoms with E-state index in [0.29, 0.717) is 41.1 Å². The lowest BCUT2D eigenvalue weighted by Gasteiger charge is -2.26. The number of halogens is 1. The number of benzene rings is 1. The van der Waals surface area contributed by atoms with E-state index < -0.39 is 0 Å². The summed E-state index contributed by atoms with van der Waals surface area (Å²) in [5.41, 5.74) is 1.41. The van der Waals surface area contributed by atoms with Crippen LogP contribution >= 0.6 is 15.9 Å². The fourth-order valence-electron chi connectivity index (χ4n) is 3.78. The van der Waals surface area contributed by atoms with Gasteiger partial charge in [0.25, 0.3) is 5.56 Å². The van der Waals surface area contributed by atoms with E-state index in [9.17, 15) is 4.79 Å². The van der Waals surface area contributed by atoms with Gasteiger partial charge in [-0.15, -0.1) is 0 Å². The van der Waals surface area contributed by atoms with Crippen LogP contribution in [-0.2, 0) is 6.54 Å². The second-order valence-electron chi connectivity index (χ2n) is 6.36. The van der Waals surface area contributed by atoms with Crippen LogP contribution in [0.4, 0.5) is 0 Å². The summed E-state index contributed by atoms with van der Waals surface area (Å²) in [5.74, 6) is 0.706. The molecule has 23 heavy (non-hydrogen) atoms. The van der Waals surface area contributed by atoms with Gasteiger partial charge in [-0.1, -0.05) is 15.9 Å². The van der Waals surface area contributed by atoms with Crippen LogP contribution in [0.5, 0.6) is 0 Å². The van der Waals surface area contributed by atoms with E-state index >= 15 is 0 Å². The zero-order valence-electron chi connectivity index (χ0n) is 12.3. The molecular formula is C16H15BrN4O2. The van der Waals surface area contributed by atoms with Crippen molar-refractivity contribution in [1.29, 1.82) is 0 Å². The number of fused-ring (bicyclic) bond motifs is 5. The molecule has 118 valence electrons. The minimum Gasteiger partial charge on any atom is -0.449 e. The van der Waals surface area contributed by atoms with E-state index in [2.05, 4.69) is 36.1 Å². The van der Waals surface area contributed by atoms with Crippen molar-refractivity contribution in [1.82, 2.24) is 20.2 Å². The first-order valence-corrected chi connectivity index (χ1v) is 8.55. The summed E-state index contributed by atoms with van der Waals surface area (Å²) in [6.07, 6.45) is 1.19. The monoisotopic (exact) mass is 374 g/mol. The number of aromatic nitrogens is 2. The Labute approximate surface area is 140 Å². The van der Waals surface area contributed by atoms with Crippen LogP contribution in [0.1, 0.15) is 12.2 Å². The Morgan fingerprint density at radius 2 is 2.35 bits per heavy atom. The molecule has 3 aromatic rings. The summed E-state index contributed by atoms with van der Waals surface area (Å²) >= 11 is 3.46. The molecule has 0 spiro atoms. The van der Waals surface area contributed by atoms with Gasteiger partial charge in [0, 0.05) is 35.0 Å². The van der Waals surface area contributed by atoms with Gasteiger partial charge >= 0.3 is 0 Å². The summed E-state index contributed by atoms with van der Waals surface area (Å²) in [6.45, 7) is 2.72. The maximum atomic E-state index is 12.4. The van der Waals surface area contributed by atoms with Gasteiger partial charge in [0.15, 0.2) is 0 Å². The van der Waals surface area contributed by atoms with Crippen LogP contribution in [-0.4, -0.2) is 40.0 Å². The number of nitrogens with one attached hydrogen (secondary N) is 2. The Morgan fingerprint density at radius 1 is 1.43 bits per heavy atom. The van der Waals surface area contributed by atoms with Crippen LogP contribution < -0.4 is 10.9 Å². The van der Waals surface area contributed by atoms with Crippen molar-refractivity contribution in [2.45, 2.75) is 25.0 Å². The number of hydrogen-bond donors (Lipinski definition) is 2. The first-order chi connectivity index (χ1) is 11.2. The number of furan rings is 1. The van der Waals surface area contributed by atoms with Gasteiger partial charge in [0.05, 0.1) is 6.54 Å². The Bertz CT molecular complexity index is 979. The molecule has 7 heteroatoms. The van der Waals surface area contributed by atoms with Crippen molar-refractivity contribution < 1.29 is 4.42 Å². The zero-order valence-corrected chi connectivity index (χ0v) is 13.9. The molecule has 0 radical (unpaired) electrons. The molecule has 0 aliphatic carbocycles. The number of hydrogen-bond acceptors (Lipinski definition) is 5. The number of rotatable bonds is 2. The molecule has 5 rings (SSSR count). The van der Waals surface area contributed by atoms with Crippen molar-refractivity contribution in [2.24, 2.45) is 0 Å². The molecule has 2 aliphatic rings. The highest BCUT2D eigenvalue weighted by Crippen LogP contribution is 2.28. The van der Waals surface area contributed by atoms with Gasteiger partial charge in [-0.05, 0) is 24.6 Å². The smallest absolute Gasteiger partial charge is 0.294 e. The highest BCUT2D eigenvalue weighted by Gasteiger charge is 2.37. The van der Waals surface area contributed by atoms with Crippen LogP contribution in [0.25, 0.3) is 22.1 Å². The van der Waals surface area contributed by atoms with Crippen LogP contribution in [0.3, 0.4) is 0 Å². The van der Waals surface area contributed by atoms with Crippen LogP contribution in [0, 0.1) is 0 Å². The van der Waals surface area contributed by atoms with Crippen LogP contribution in [0.15, 0.2) is 31.9 Å². The van der Waals surface area contributed by atoms with Gasteiger partial charge < -0.3 is 14.7 Å². The number of piperazine rings is 1. The topological polar surface area (TPSA) is 74.2 Å². The van der Waals surface area contributed by atoms with E-state index in [0.717, 1.165) is 22.9 Å². The van der Waals surface area contributed by atoms with Crippen molar-refractivity contribution in [3.8, 4) is 0 Å². The molecule has 2 aliphatic heterocycles. The average Bonchev–Trinajstić information content (AvgIpc) is 3.21. The minimum atomic E-state index is -0.209. The second-order valence-corrected chi connectivity index (χ2v) is 7.27. The first-order valence-electron chi connectivity index (χ1n) is 7.76. The molecule has 2 fully saturated rings. The second kappa shape index (κ2) is 4.90. The van der Waals surface area contributed by atoms with Gasteiger partial charge in [-0.3, -0.25) is 9.69 Å². The molecule has 1 aromatic carbocycles. The van der Waals surface area contributed by atoms with E-state index in [-0.39, 0.29) is 5.56 Å². The first kappa shape index (κ1) is 13.7. The lowest BCUT2D eigenvalue weighted by Crippen LogP contribution is -2.43. The summed E-state index contributed by atoms with van der Waals surface area (Å²) in [6, 6.07) is 6.83. The predicted molar refractivity (Wildman–Crippen MR) is 90.4 cm³/mol. The van der Waals surface area contributed by atoms with Gasteiger partial charge in [0.2, 0.25) is 5.58 Å². The molecule has 2 saturated heterocycles. The lowest BCUT2D eigenvalue weighted by molar-refractivity contribution is 0.213. The van der Waals surface area contributed by atoms with Crippen molar-refractivity contribution in [3.05, 3.63) is 38.9 Å². The highest BCUT2D eigenvalue weighted by molar-refractivity contribution is 9.10. The van der Waals surface area contributed by atoms with Crippen molar-refractivity contribution >= 4 is 38.0 Å². The standard InChI is InChI=1S/C16H15BrN4O2/c17-8-1-2-12-11(3-8)14-15(23-12)16(22)20-13(19-14)7-21-6-9-4-10(21)5-18-9/h1-3,9-10,18H,4-7H2,(H,19,20,22)/t9-,10?/m0/s1. The van der Waals surface area contributed by atoms with E-state index in [1.54, 1.807) is 0 Å². The Hall–Kier alpha value is -1.70. The van der Waals surface area contributed by atoms with E-state index in [1.807, 2.05) is 18.2 Å². The summed E-state index contributed by atoms with van der Waals surface area (Å²) in [5, 5.41) is 4.35. The SMILES string of the molecule is O=c1[nH]c(CN2C[C@@H]3CC2CN3)nc2c1oc1ccc(Br)cc12. The molecule has 2 atom stereocenters. The third kappa shape index (κ3) is 2.14. The van der Waals surface area contributed by atoms with E-state index in [1.165, 1.54) is 6.42 Å². The summed E-state index contributed by atoms with van der Waals surface area (Å²) < 4.78 is 6.61. The highest BCUT2D eigenvalue weighted by atomic mass is 79.9. The Kier molecular flexibility index (Phi) is 2.92. The summed E-state index contributed by atoms with van der Waals surface area (Å²) in [7, 11) is 0. The normalized spacial score (nSPS) is 24.2. The number of nitrogens with zero attached hydrogens (tertiary/aromatic N) is 2. The van der Waals surface area contributed by atoms with Crippen LogP contribution in [0.2, 0.25) is 0 Å². The minimum absolute atomic E-state index is 0.209. The average molecular weight is 375 g/mol. The largest absolute Gasteiger partial charge is 0.449 e. The third-order valence-electron chi connectivity index (χ3n) is 4.86. The maximum absolute atomic E-state index is 12.4. The molecule has 2 aromatic heterocycles. The van der Waals surface area contributed by atoms with Crippen molar-refractivity contribution in [3.63, 3.8) is 0 Å². The molecule has 1 unspecified atom stereocenters. The number of H-pyrrole nitrogens is 1. The van der Waals surface area contributed by atoms with Gasteiger partial charge in [-0.2, -0.15) is 0 Å².